The SMILES string of the molecule is CCc1ccc(C(O)c2ccc(C)c(OC)c2)s1. The van der Waals surface area contributed by atoms with Crippen LogP contribution >= 0.6 is 11.3 Å². The molecular weight excluding hydrogens is 244 g/mol. The van der Waals surface area contributed by atoms with Gasteiger partial charge in [-0.3, -0.25) is 0 Å². The molecule has 1 unspecified atom stereocenters. The van der Waals surface area contributed by atoms with Crippen LogP contribution in [0.2, 0.25) is 0 Å². The number of rotatable bonds is 4. The average molecular weight is 262 g/mol. The molecule has 1 N–H and O–H groups in total. The highest BCUT2D eigenvalue weighted by atomic mass is 32.1. The van der Waals surface area contributed by atoms with Gasteiger partial charge in [0.05, 0.1) is 7.11 Å². The Morgan fingerprint density at radius 3 is 2.67 bits per heavy atom. The quantitative estimate of drug-likeness (QED) is 0.910. The Morgan fingerprint density at radius 2 is 2.06 bits per heavy atom. The van der Waals surface area contributed by atoms with E-state index in [1.807, 2.05) is 31.2 Å². The molecule has 2 nitrogen and oxygen atoms in total. The minimum atomic E-state index is -0.565. The van der Waals surface area contributed by atoms with Crippen LogP contribution in [0.1, 0.15) is 33.9 Å². The third kappa shape index (κ3) is 2.57. The van der Waals surface area contributed by atoms with Crippen molar-refractivity contribution in [2.24, 2.45) is 0 Å². The minimum Gasteiger partial charge on any atom is -0.496 e. The highest BCUT2D eigenvalue weighted by Gasteiger charge is 2.14. The number of benzene rings is 1. The van der Waals surface area contributed by atoms with Crippen molar-refractivity contribution in [3.8, 4) is 5.75 Å². The summed E-state index contributed by atoms with van der Waals surface area (Å²) in [5.41, 5.74) is 1.95. The summed E-state index contributed by atoms with van der Waals surface area (Å²) in [6.07, 6.45) is 0.444. The van der Waals surface area contributed by atoms with Crippen molar-refractivity contribution in [2.45, 2.75) is 26.4 Å². The fraction of sp³-hybridized carbons (Fsp3) is 0.333. The van der Waals surface area contributed by atoms with Crippen LogP contribution < -0.4 is 4.74 Å². The lowest BCUT2D eigenvalue weighted by atomic mass is 10.1. The maximum absolute atomic E-state index is 10.4. The zero-order chi connectivity index (χ0) is 13.1. The van der Waals surface area contributed by atoms with Crippen LogP contribution in [0, 0.1) is 6.92 Å². The van der Waals surface area contributed by atoms with Gasteiger partial charge in [-0.25, -0.2) is 0 Å². The lowest BCUT2D eigenvalue weighted by Gasteiger charge is -2.12. The molecule has 3 heteroatoms. The number of aliphatic hydroxyl groups excluding tert-OH is 1. The molecule has 0 fully saturated rings. The summed E-state index contributed by atoms with van der Waals surface area (Å²) in [6.45, 7) is 4.12. The molecule has 0 aliphatic heterocycles. The monoisotopic (exact) mass is 262 g/mol. The molecule has 0 saturated carbocycles. The Hall–Kier alpha value is -1.32. The highest BCUT2D eigenvalue weighted by molar-refractivity contribution is 7.12. The van der Waals surface area contributed by atoms with Crippen molar-refractivity contribution in [2.75, 3.05) is 7.11 Å². The summed E-state index contributed by atoms with van der Waals surface area (Å²) in [7, 11) is 1.65. The third-order valence-corrected chi connectivity index (χ3v) is 4.33. The molecule has 0 aliphatic rings. The largest absolute Gasteiger partial charge is 0.496 e. The summed E-state index contributed by atoms with van der Waals surface area (Å²) in [6, 6.07) is 9.92. The molecule has 2 aromatic rings. The van der Waals surface area contributed by atoms with E-state index in [1.165, 1.54) is 4.88 Å². The lowest BCUT2D eigenvalue weighted by Crippen LogP contribution is -1.98. The van der Waals surface area contributed by atoms with Gasteiger partial charge < -0.3 is 9.84 Å². The van der Waals surface area contributed by atoms with E-state index in [4.69, 9.17) is 4.74 Å². The molecule has 0 radical (unpaired) electrons. The number of thiophene rings is 1. The fourth-order valence-corrected chi connectivity index (χ4v) is 2.87. The van der Waals surface area contributed by atoms with Gasteiger partial charge in [0, 0.05) is 9.75 Å². The Labute approximate surface area is 112 Å². The zero-order valence-corrected chi connectivity index (χ0v) is 11.8. The number of ether oxygens (including phenoxy) is 1. The Kier molecular flexibility index (Phi) is 4.04. The van der Waals surface area contributed by atoms with Crippen LogP contribution in [0.15, 0.2) is 30.3 Å². The standard InChI is InChI=1S/C15H18O2S/c1-4-12-7-8-14(18-12)15(16)11-6-5-10(2)13(9-11)17-3/h5-9,15-16H,4H2,1-3H3. The van der Waals surface area contributed by atoms with Crippen LogP contribution in [0.5, 0.6) is 5.75 Å². The van der Waals surface area contributed by atoms with E-state index in [9.17, 15) is 5.11 Å². The van der Waals surface area contributed by atoms with Gasteiger partial charge in [-0.2, -0.15) is 0 Å². The van der Waals surface area contributed by atoms with Gasteiger partial charge in [-0.15, -0.1) is 11.3 Å². The van der Waals surface area contributed by atoms with Gasteiger partial charge in [-0.05, 0) is 42.7 Å². The van der Waals surface area contributed by atoms with E-state index in [1.54, 1.807) is 18.4 Å². The van der Waals surface area contributed by atoms with Gasteiger partial charge in [0.2, 0.25) is 0 Å². The van der Waals surface area contributed by atoms with E-state index in [2.05, 4.69) is 13.0 Å². The predicted molar refractivity (Wildman–Crippen MR) is 75.5 cm³/mol. The summed E-state index contributed by atoms with van der Waals surface area (Å²) >= 11 is 1.66. The number of aryl methyl sites for hydroxylation is 2. The molecule has 1 atom stereocenters. The van der Waals surface area contributed by atoms with Crippen molar-refractivity contribution in [1.82, 2.24) is 0 Å². The summed E-state index contributed by atoms with van der Waals surface area (Å²) in [5.74, 6) is 0.818. The van der Waals surface area contributed by atoms with Crippen molar-refractivity contribution in [3.05, 3.63) is 51.2 Å². The molecule has 0 bridgehead atoms. The average Bonchev–Trinajstić information content (AvgIpc) is 2.87. The van der Waals surface area contributed by atoms with Gasteiger partial charge >= 0.3 is 0 Å². The Morgan fingerprint density at radius 1 is 1.28 bits per heavy atom. The molecule has 0 saturated heterocycles. The maximum atomic E-state index is 10.4. The van der Waals surface area contributed by atoms with Crippen molar-refractivity contribution >= 4 is 11.3 Å². The first-order valence-electron chi connectivity index (χ1n) is 6.07. The second-order valence-electron chi connectivity index (χ2n) is 4.29. The maximum Gasteiger partial charge on any atom is 0.122 e. The fourth-order valence-electron chi connectivity index (χ4n) is 1.90. The molecule has 0 amide bonds. The predicted octanol–water partition coefficient (Wildman–Crippen LogP) is 3.71. The van der Waals surface area contributed by atoms with Crippen LogP contribution in [0.25, 0.3) is 0 Å². The molecular formula is C15H18O2S. The van der Waals surface area contributed by atoms with Gasteiger partial charge in [0.15, 0.2) is 0 Å². The lowest BCUT2D eigenvalue weighted by molar-refractivity contribution is 0.223. The van der Waals surface area contributed by atoms with E-state index < -0.39 is 6.10 Å². The molecule has 2 rings (SSSR count). The number of hydrogen-bond donors (Lipinski definition) is 1. The van der Waals surface area contributed by atoms with Crippen LogP contribution in [-0.2, 0) is 6.42 Å². The van der Waals surface area contributed by atoms with E-state index >= 15 is 0 Å². The van der Waals surface area contributed by atoms with Gasteiger partial charge in [-0.1, -0.05) is 19.1 Å². The second kappa shape index (κ2) is 5.55. The van der Waals surface area contributed by atoms with Crippen molar-refractivity contribution in [3.63, 3.8) is 0 Å². The number of methoxy groups -OCH3 is 1. The van der Waals surface area contributed by atoms with Gasteiger partial charge in [0.25, 0.3) is 0 Å². The van der Waals surface area contributed by atoms with Gasteiger partial charge in [0.1, 0.15) is 11.9 Å². The number of hydrogen-bond acceptors (Lipinski definition) is 3. The third-order valence-electron chi connectivity index (χ3n) is 3.05. The van der Waals surface area contributed by atoms with Crippen LogP contribution in [0.4, 0.5) is 0 Å². The minimum absolute atomic E-state index is 0.565. The highest BCUT2D eigenvalue weighted by Crippen LogP contribution is 2.31. The molecule has 1 heterocycles. The first kappa shape index (κ1) is 13.1. The van der Waals surface area contributed by atoms with E-state index in [0.29, 0.717) is 0 Å². The van der Waals surface area contributed by atoms with Crippen LogP contribution in [0.3, 0.4) is 0 Å². The number of aliphatic hydroxyl groups is 1. The smallest absolute Gasteiger partial charge is 0.122 e. The Balaban J connectivity index is 2.30. The van der Waals surface area contributed by atoms with E-state index in [-0.39, 0.29) is 0 Å². The molecule has 96 valence electrons. The summed E-state index contributed by atoms with van der Waals surface area (Å²) in [4.78, 5) is 2.28. The normalized spacial score (nSPS) is 12.4. The molecule has 1 aromatic carbocycles. The molecule has 0 spiro atoms. The van der Waals surface area contributed by atoms with Crippen molar-refractivity contribution < 1.29 is 9.84 Å². The summed E-state index contributed by atoms with van der Waals surface area (Å²) in [5, 5.41) is 10.4. The first-order chi connectivity index (χ1) is 8.65. The topological polar surface area (TPSA) is 29.5 Å². The molecule has 1 aromatic heterocycles. The van der Waals surface area contributed by atoms with E-state index in [0.717, 1.165) is 28.2 Å². The second-order valence-corrected chi connectivity index (χ2v) is 5.49. The summed E-state index contributed by atoms with van der Waals surface area (Å²) < 4.78 is 5.29. The first-order valence-corrected chi connectivity index (χ1v) is 6.88. The zero-order valence-electron chi connectivity index (χ0n) is 10.9. The van der Waals surface area contributed by atoms with Crippen molar-refractivity contribution in [1.29, 1.82) is 0 Å². The molecule has 0 aliphatic carbocycles. The Bertz CT molecular complexity index is 531. The molecule has 18 heavy (non-hydrogen) atoms. The van der Waals surface area contributed by atoms with Crippen LogP contribution in [-0.4, -0.2) is 12.2 Å².